The van der Waals surface area contributed by atoms with Crippen LogP contribution < -0.4 is 0 Å². The Bertz CT molecular complexity index is 632. The van der Waals surface area contributed by atoms with E-state index in [-0.39, 0.29) is 0 Å². The minimum absolute atomic E-state index is 0.504. The molecule has 0 fully saturated rings. The van der Waals surface area contributed by atoms with Crippen molar-refractivity contribution >= 4 is 57.4 Å². The number of halogens is 4. The number of aryl methyl sites for hydroxylation is 1. The van der Waals surface area contributed by atoms with E-state index in [1.165, 1.54) is 0 Å². The minimum Gasteiger partial charge on any atom is -0.236 e. The van der Waals surface area contributed by atoms with Gasteiger partial charge in [-0.15, -0.1) is 0 Å². The van der Waals surface area contributed by atoms with Crippen molar-refractivity contribution in [3.8, 4) is 0 Å². The van der Waals surface area contributed by atoms with Gasteiger partial charge in [0.1, 0.15) is 11.0 Å². The predicted molar refractivity (Wildman–Crippen MR) is 93.0 cm³/mol. The molecule has 20 heavy (non-hydrogen) atoms. The summed E-state index contributed by atoms with van der Waals surface area (Å²) in [6.45, 7) is 2.11. The van der Waals surface area contributed by atoms with Gasteiger partial charge in [-0.3, -0.25) is 0 Å². The van der Waals surface area contributed by atoms with E-state index in [1.54, 1.807) is 6.07 Å². The third kappa shape index (κ3) is 3.97. The summed E-state index contributed by atoms with van der Waals surface area (Å²) in [5, 5.41) is 1.74. The quantitative estimate of drug-likeness (QED) is 0.457. The topological polar surface area (TPSA) is 25.8 Å². The highest BCUT2D eigenvalue weighted by Gasteiger charge is 2.12. The number of rotatable bonds is 4. The van der Waals surface area contributed by atoms with E-state index in [2.05, 4.69) is 39.5 Å². The maximum Gasteiger partial charge on any atom is 0.146 e. The van der Waals surface area contributed by atoms with Crippen LogP contribution in [0.1, 0.15) is 30.4 Å². The predicted octanol–water partition coefficient (Wildman–Crippen LogP) is 5.58. The van der Waals surface area contributed by atoms with Crippen LogP contribution >= 0.6 is 57.4 Å². The molecule has 0 amide bonds. The van der Waals surface area contributed by atoms with E-state index in [1.807, 2.05) is 12.1 Å². The standard InChI is InChI=1S/C14H12Cl3IN2/c1-2-3-11-13(18)14(17)20-12(19-11)6-8-4-5-9(15)7-10(8)16/h4-5,7H,2-3,6H2,1H3. The van der Waals surface area contributed by atoms with Crippen molar-refractivity contribution in [2.45, 2.75) is 26.2 Å². The zero-order chi connectivity index (χ0) is 14.7. The average Bonchev–Trinajstić information content (AvgIpc) is 2.39. The zero-order valence-corrected chi connectivity index (χ0v) is 15.2. The van der Waals surface area contributed by atoms with Crippen molar-refractivity contribution in [3.63, 3.8) is 0 Å². The van der Waals surface area contributed by atoms with Gasteiger partial charge in [-0.25, -0.2) is 9.97 Å². The monoisotopic (exact) mass is 440 g/mol. The molecule has 6 heteroatoms. The smallest absolute Gasteiger partial charge is 0.146 e. The highest BCUT2D eigenvalue weighted by atomic mass is 127. The van der Waals surface area contributed by atoms with E-state index < -0.39 is 0 Å². The summed E-state index contributed by atoms with van der Waals surface area (Å²) in [6, 6.07) is 5.42. The summed E-state index contributed by atoms with van der Waals surface area (Å²) < 4.78 is 0.928. The highest BCUT2D eigenvalue weighted by molar-refractivity contribution is 14.1. The molecular weight excluding hydrogens is 429 g/mol. The first kappa shape index (κ1) is 16.3. The van der Waals surface area contributed by atoms with Gasteiger partial charge in [-0.05, 0) is 46.7 Å². The molecule has 0 unspecified atom stereocenters. The Kier molecular flexibility index (Phi) is 5.90. The molecule has 1 aromatic carbocycles. The van der Waals surface area contributed by atoms with Crippen LogP contribution in [0.25, 0.3) is 0 Å². The van der Waals surface area contributed by atoms with Crippen LogP contribution in [-0.4, -0.2) is 9.97 Å². The number of benzene rings is 1. The van der Waals surface area contributed by atoms with Crippen molar-refractivity contribution in [2.24, 2.45) is 0 Å². The molecule has 0 aliphatic rings. The molecule has 0 bridgehead atoms. The van der Waals surface area contributed by atoms with Gasteiger partial charge in [0, 0.05) is 16.5 Å². The second-order valence-corrected chi connectivity index (χ2v) is 6.63. The molecule has 0 aliphatic heterocycles. The van der Waals surface area contributed by atoms with E-state index >= 15 is 0 Å². The number of aromatic nitrogens is 2. The Labute approximate surface area is 147 Å². The maximum atomic E-state index is 6.18. The Morgan fingerprint density at radius 3 is 2.55 bits per heavy atom. The molecule has 0 N–H and O–H groups in total. The summed E-state index contributed by atoms with van der Waals surface area (Å²) in [5.74, 6) is 0.683. The van der Waals surface area contributed by atoms with Crippen molar-refractivity contribution in [2.75, 3.05) is 0 Å². The third-order valence-corrected chi connectivity index (χ3v) is 5.09. The lowest BCUT2D eigenvalue weighted by atomic mass is 10.1. The second kappa shape index (κ2) is 7.25. The summed E-state index contributed by atoms with van der Waals surface area (Å²) in [6.07, 6.45) is 2.45. The van der Waals surface area contributed by atoms with Crippen molar-refractivity contribution < 1.29 is 0 Å². The normalized spacial score (nSPS) is 10.8. The largest absolute Gasteiger partial charge is 0.236 e. The van der Waals surface area contributed by atoms with Gasteiger partial charge < -0.3 is 0 Å². The summed E-state index contributed by atoms with van der Waals surface area (Å²) >= 11 is 20.4. The number of hydrogen-bond acceptors (Lipinski definition) is 2. The average molecular weight is 442 g/mol. The molecule has 0 atom stereocenters. The van der Waals surface area contributed by atoms with Crippen LogP contribution in [0.4, 0.5) is 0 Å². The second-order valence-electron chi connectivity index (χ2n) is 4.35. The molecule has 2 aromatic rings. The fourth-order valence-corrected chi connectivity index (χ4v) is 3.02. The molecule has 0 radical (unpaired) electrons. The van der Waals surface area contributed by atoms with Crippen LogP contribution in [0.2, 0.25) is 15.2 Å². The Hall–Kier alpha value is -0.100. The van der Waals surface area contributed by atoms with Crippen LogP contribution in [-0.2, 0) is 12.8 Å². The zero-order valence-electron chi connectivity index (χ0n) is 10.8. The molecule has 1 heterocycles. The van der Waals surface area contributed by atoms with Gasteiger partial charge in [-0.2, -0.15) is 0 Å². The first-order valence-corrected chi connectivity index (χ1v) is 8.37. The fraction of sp³-hybridized carbons (Fsp3) is 0.286. The molecule has 0 aliphatic carbocycles. The van der Waals surface area contributed by atoms with Gasteiger partial charge in [0.25, 0.3) is 0 Å². The first-order chi connectivity index (χ1) is 9.51. The Balaban J connectivity index is 2.33. The van der Waals surface area contributed by atoms with Crippen LogP contribution in [0.5, 0.6) is 0 Å². The molecule has 1 aromatic heterocycles. The third-order valence-electron chi connectivity index (χ3n) is 2.78. The minimum atomic E-state index is 0.504. The van der Waals surface area contributed by atoms with E-state index in [0.717, 1.165) is 27.7 Å². The Morgan fingerprint density at radius 2 is 1.90 bits per heavy atom. The van der Waals surface area contributed by atoms with Crippen molar-refractivity contribution in [1.29, 1.82) is 0 Å². The van der Waals surface area contributed by atoms with Gasteiger partial charge >= 0.3 is 0 Å². The summed E-state index contributed by atoms with van der Waals surface area (Å²) in [5.41, 5.74) is 1.93. The van der Waals surface area contributed by atoms with Gasteiger partial charge in [-0.1, -0.05) is 54.2 Å². The fourth-order valence-electron chi connectivity index (χ4n) is 1.83. The lowest BCUT2D eigenvalue weighted by molar-refractivity contribution is 0.833. The van der Waals surface area contributed by atoms with Gasteiger partial charge in [0.05, 0.1) is 9.26 Å². The van der Waals surface area contributed by atoms with E-state index in [0.29, 0.717) is 27.4 Å². The lowest BCUT2D eigenvalue weighted by Gasteiger charge is -2.08. The molecular formula is C14H12Cl3IN2. The van der Waals surface area contributed by atoms with E-state index in [4.69, 9.17) is 34.8 Å². The van der Waals surface area contributed by atoms with Crippen LogP contribution in [0.15, 0.2) is 18.2 Å². The van der Waals surface area contributed by atoms with Crippen LogP contribution in [0.3, 0.4) is 0 Å². The lowest BCUT2D eigenvalue weighted by Crippen LogP contribution is -2.04. The maximum absolute atomic E-state index is 6.18. The molecule has 2 nitrogen and oxygen atoms in total. The molecule has 2 rings (SSSR count). The highest BCUT2D eigenvalue weighted by Crippen LogP contribution is 2.25. The van der Waals surface area contributed by atoms with Gasteiger partial charge in [0.2, 0.25) is 0 Å². The Morgan fingerprint density at radius 1 is 1.15 bits per heavy atom. The summed E-state index contributed by atoms with van der Waals surface area (Å²) in [7, 11) is 0. The molecule has 0 saturated heterocycles. The molecule has 106 valence electrons. The molecule has 0 saturated carbocycles. The number of nitrogens with zero attached hydrogens (tertiary/aromatic N) is 2. The SMILES string of the molecule is CCCc1nc(Cc2ccc(Cl)cc2Cl)nc(Cl)c1I. The van der Waals surface area contributed by atoms with E-state index in [9.17, 15) is 0 Å². The first-order valence-electron chi connectivity index (χ1n) is 6.16. The summed E-state index contributed by atoms with van der Waals surface area (Å²) in [4.78, 5) is 8.92. The van der Waals surface area contributed by atoms with Gasteiger partial charge in [0.15, 0.2) is 0 Å². The van der Waals surface area contributed by atoms with Crippen LogP contribution in [0, 0.1) is 3.57 Å². The van der Waals surface area contributed by atoms with Crippen molar-refractivity contribution in [1.82, 2.24) is 9.97 Å². The number of hydrogen-bond donors (Lipinski definition) is 0. The molecule has 0 spiro atoms. The van der Waals surface area contributed by atoms with Crippen molar-refractivity contribution in [3.05, 3.63) is 54.0 Å².